The van der Waals surface area contributed by atoms with Crippen molar-refractivity contribution in [2.75, 3.05) is 13.1 Å². The molecular weight excluding hydrogens is 240 g/mol. The first-order valence-electron chi connectivity index (χ1n) is 5.67. The van der Waals surface area contributed by atoms with Crippen LogP contribution in [0.3, 0.4) is 0 Å². The van der Waals surface area contributed by atoms with Crippen LogP contribution < -0.4 is 0 Å². The van der Waals surface area contributed by atoms with Crippen LogP contribution in [0.25, 0.3) is 0 Å². The van der Waals surface area contributed by atoms with E-state index in [1.807, 2.05) is 4.31 Å². The Morgan fingerprint density at radius 2 is 1.94 bits per heavy atom. The molecule has 2 rings (SSSR count). The van der Waals surface area contributed by atoms with E-state index in [-0.39, 0.29) is 5.69 Å². The smallest absolute Gasteiger partial charge is 0.352 e. The second-order valence-electron chi connectivity index (χ2n) is 4.16. The minimum absolute atomic E-state index is 0.172. The molecule has 94 valence electrons. The summed E-state index contributed by atoms with van der Waals surface area (Å²) in [5, 5.41) is 9.50. The quantitative estimate of drug-likeness (QED) is 0.884. The molecule has 2 heterocycles. The zero-order valence-corrected chi connectivity index (χ0v) is 10.6. The number of nitrogens with zero attached hydrogens (tertiary/aromatic N) is 2. The van der Waals surface area contributed by atoms with Gasteiger partial charge in [-0.3, -0.25) is 0 Å². The van der Waals surface area contributed by atoms with Crippen LogP contribution in [-0.2, 0) is 18.0 Å². The van der Waals surface area contributed by atoms with Crippen molar-refractivity contribution < 1.29 is 14.1 Å². The minimum Gasteiger partial charge on any atom is -0.477 e. The Hall–Kier alpha value is -1.14. The number of aromatic nitrogens is 1. The van der Waals surface area contributed by atoms with Gasteiger partial charge in [0.25, 0.3) is 0 Å². The molecular formula is C11H16N2O3S. The van der Waals surface area contributed by atoms with Gasteiger partial charge in [-0.05, 0) is 25.0 Å². The molecule has 1 aromatic heterocycles. The zero-order valence-electron chi connectivity index (χ0n) is 9.76. The summed E-state index contributed by atoms with van der Waals surface area (Å²) in [6.07, 6.45) is 3.30. The number of carbonyl (C=O) groups is 1. The summed E-state index contributed by atoms with van der Waals surface area (Å²) in [4.78, 5) is 10.9. The van der Waals surface area contributed by atoms with Gasteiger partial charge in [0.1, 0.15) is 21.7 Å². The highest BCUT2D eigenvalue weighted by molar-refractivity contribution is 7.82. The average Bonchev–Trinajstić information content (AvgIpc) is 2.71. The molecule has 1 aliphatic heterocycles. The van der Waals surface area contributed by atoms with Crippen LogP contribution >= 0.6 is 0 Å². The van der Waals surface area contributed by atoms with E-state index < -0.39 is 17.0 Å². The third-order valence-electron chi connectivity index (χ3n) is 3.02. The Morgan fingerprint density at radius 3 is 2.47 bits per heavy atom. The average molecular weight is 256 g/mol. The molecule has 6 heteroatoms. The molecule has 5 nitrogen and oxygen atoms in total. The molecule has 0 aliphatic carbocycles. The van der Waals surface area contributed by atoms with Crippen molar-refractivity contribution in [2.45, 2.75) is 24.3 Å². The van der Waals surface area contributed by atoms with E-state index >= 15 is 0 Å². The standard InChI is InChI=1S/C11H16N2O3S/c1-12-9(11(14)15)5-6-10(12)17(16)13-7-3-2-4-8-13/h5-6H,2-4,7-8H2,1H3,(H,14,15). The summed E-state index contributed by atoms with van der Waals surface area (Å²) in [6, 6.07) is 3.13. The fraction of sp³-hybridized carbons (Fsp3) is 0.545. The molecule has 0 aromatic carbocycles. The van der Waals surface area contributed by atoms with Crippen LogP contribution in [0.1, 0.15) is 29.8 Å². The van der Waals surface area contributed by atoms with Gasteiger partial charge in [-0.1, -0.05) is 6.42 Å². The fourth-order valence-electron chi connectivity index (χ4n) is 2.05. The van der Waals surface area contributed by atoms with Crippen LogP contribution in [0.5, 0.6) is 0 Å². The van der Waals surface area contributed by atoms with E-state index in [1.165, 1.54) is 17.1 Å². The summed E-state index contributed by atoms with van der Waals surface area (Å²) < 4.78 is 15.7. The number of hydrogen-bond donors (Lipinski definition) is 1. The number of rotatable bonds is 3. The van der Waals surface area contributed by atoms with E-state index in [0.717, 1.165) is 25.9 Å². The number of hydrogen-bond acceptors (Lipinski definition) is 2. The minimum atomic E-state index is -1.24. The Bertz CT molecular complexity index is 450. The van der Waals surface area contributed by atoms with Gasteiger partial charge < -0.3 is 9.67 Å². The van der Waals surface area contributed by atoms with Gasteiger partial charge in [0.05, 0.1) is 0 Å². The molecule has 0 bridgehead atoms. The van der Waals surface area contributed by atoms with E-state index in [0.29, 0.717) is 5.03 Å². The Morgan fingerprint density at radius 1 is 1.29 bits per heavy atom. The maximum Gasteiger partial charge on any atom is 0.352 e. The van der Waals surface area contributed by atoms with Gasteiger partial charge >= 0.3 is 5.97 Å². The van der Waals surface area contributed by atoms with E-state index in [2.05, 4.69) is 0 Å². The predicted octanol–water partition coefficient (Wildman–Crippen LogP) is 1.23. The topological polar surface area (TPSA) is 62.5 Å². The van der Waals surface area contributed by atoms with Crippen molar-refractivity contribution in [3.05, 3.63) is 17.8 Å². The lowest BCUT2D eigenvalue weighted by Gasteiger charge is -2.25. The van der Waals surface area contributed by atoms with Gasteiger partial charge in [-0.25, -0.2) is 13.3 Å². The molecule has 1 fully saturated rings. The normalized spacial score (nSPS) is 19.1. The van der Waals surface area contributed by atoms with Crippen LogP contribution in [0.4, 0.5) is 0 Å². The second kappa shape index (κ2) is 5.01. The molecule has 0 amide bonds. The van der Waals surface area contributed by atoms with Gasteiger partial charge in [0.2, 0.25) is 0 Å². The van der Waals surface area contributed by atoms with Gasteiger partial charge in [-0.15, -0.1) is 0 Å². The molecule has 0 spiro atoms. The van der Waals surface area contributed by atoms with Crippen molar-refractivity contribution in [1.29, 1.82) is 0 Å². The maximum atomic E-state index is 12.3. The van der Waals surface area contributed by atoms with Crippen molar-refractivity contribution in [3.8, 4) is 0 Å². The van der Waals surface area contributed by atoms with Crippen molar-refractivity contribution in [2.24, 2.45) is 7.05 Å². The summed E-state index contributed by atoms with van der Waals surface area (Å²) in [6.45, 7) is 1.64. The second-order valence-corrected chi connectivity index (χ2v) is 5.59. The number of aromatic carboxylic acids is 1. The van der Waals surface area contributed by atoms with Crippen molar-refractivity contribution >= 4 is 17.0 Å². The highest BCUT2D eigenvalue weighted by Crippen LogP contribution is 2.18. The van der Waals surface area contributed by atoms with E-state index in [9.17, 15) is 9.00 Å². The predicted molar refractivity (Wildman–Crippen MR) is 64.2 cm³/mol. The molecule has 1 saturated heterocycles. The molecule has 1 unspecified atom stereocenters. The van der Waals surface area contributed by atoms with E-state index in [1.54, 1.807) is 13.1 Å². The summed E-state index contributed by atoms with van der Waals surface area (Å²) in [5.41, 5.74) is 0.172. The van der Waals surface area contributed by atoms with E-state index in [4.69, 9.17) is 5.11 Å². The molecule has 1 atom stereocenters. The first-order chi connectivity index (χ1) is 8.11. The van der Waals surface area contributed by atoms with Gasteiger partial charge in [0, 0.05) is 20.1 Å². The Balaban J connectivity index is 2.21. The lowest BCUT2D eigenvalue weighted by molar-refractivity contribution is 0.0685. The van der Waals surface area contributed by atoms with Gasteiger partial charge in [0.15, 0.2) is 0 Å². The highest BCUT2D eigenvalue weighted by Gasteiger charge is 2.22. The Kier molecular flexibility index (Phi) is 3.63. The molecule has 0 radical (unpaired) electrons. The molecule has 0 saturated carbocycles. The zero-order chi connectivity index (χ0) is 12.4. The summed E-state index contributed by atoms with van der Waals surface area (Å²) >= 11 is 0. The van der Waals surface area contributed by atoms with Crippen LogP contribution in [0.2, 0.25) is 0 Å². The lowest BCUT2D eigenvalue weighted by atomic mass is 10.2. The maximum absolute atomic E-state index is 12.3. The lowest BCUT2D eigenvalue weighted by Crippen LogP contribution is -2.32. The molecule has 1 aromatic rings. The van der Waals surface area contributed by atoms with Crippen molar-refractivity contribution in [3.63, 3.8) is 0 Å². The fourth-order valence-corrected chi connectivity index (χ4v) is 3.42. The number of carboxylic acid groups (broad SMARTS) is 1. The van der Waals surface area contributed by atoms with Gasteiger partial charge in [-0.2, -0.15) is 0 Å². The SMILES string of the molecule is Cn1c(C(=O)O)ccc1S(=O)N1CCCCC1. The van der Waals surface area contributed by atoms with Crippen LogP contribution in [0, 0.1) is 0 Å². The molecule has 1 aliphatic rings. The van der Waals surface area contributed by atoms with Crippen LogP contribution in [0.15, 0.2) is 17.2 Å². The van der Waals surface area contributed by atoms with Crippen molar-refractivity contribution in [1.82, 2.24) is 8.87 Å². The number of carboxylic acids is 1. The monoisotopic (exact) mass is 256 g/mol. The van der Waals surface area contributed by atoms with Crippen LogP contribution in [-0.4, -0.2) is 37.2 Å². The highest BCUT2D eigenvalue weighted by atomic mass is 32.2. The Labute approximate surface area is 103 Å². The first-order valence-corrected chi connectivity index (χ1v) is 6.78. The summed E-state index contributed by atoms with van der Waals surface area (Å²) in [7, 11) is 0.395. The third kappa shape index (κ3) is 2.42. The third-order valence-corrected chi connectivity index (χ3v) is 4.63. The number of piperidine rings is 1. The molecule has 1 N–H and O–H groups in total. The molecule has 17 heavy (non-hydrogen) atoms. The first kappa shape index (κ1) is 12.3. The summed E-state index contributed by atoms with van der Waals surface area (Å²) in [5.74, 6) is -0.991. The largest absolute Gasteiger partial charge is 0.477 e.